The Kier molecular flexibility index (Phi) is 4.88. The predicted molar refractivity (Wildman–Crippen MR) is 122 cm³/mol. The minimum absolute atomic E-state index is 0.0122. The molecule has 0 radical (unpaired) electrons. The Morgan fingerprint density at radius 1 is 1.06 bits per heavy atom. The number of hydrogen-bond donors (Lipinski definition) is 2. The molecule has 3 amide bonds. The lowest BCUT2D eigenvalue weighted by atomic mass is 9.53. The molecule has 5 aliphatic rings. The summed E-state index contributed by atoms with van der Waals surface area (Å²) in [5, 5.41) is 12.1. The summed E-state index contributed by atoms with van der Waals surface area (Å²) in [6, 6.07) is 8.23. The second-order valence-corrected chi connectivity index (χ2v) is 10.8. The van der Waals surface area contributed by atoms with Crippen LogP contribution in [-0.2, 0) is 4.79 Å². The van der Waals surface area contributed by atoms with Crippen LogP contribution in [0, 0.1) is 17.8 Å². The van der Waals surface area contributed by atoms with Crippen LogP contribution in [0.25, 0.3) is 10.9 Å². The Morgan fingerprint density at radius 3 is 2.50 bits per heavy atom. The molecule has 1 aromatic heterocycles. The summed E-state index contributed by atoms with van der Waals surface area (Å²) in [5.41, 5.74) is 1.00. The van der Waals surface area contributed by atoms with Crippen LogP contribution in [0.3, 0.4) is 0 Å². The molecular formula is C25H33N5O2. The number of rotatable bonds is 5. The zero-order valence-corrected chi connectivity index (χ0v) is 18.6. The van der Waals surface area contributed by atoms with Crippen molar-refractivity contribution in [1.82, 2.24) is 25.3 Å². The van der Waals surface area contributed by atoms with Crippen LogP contribution in [0.1, 0.15) is 57.4 Å². The van der Waals surface area contributed by atoms with E-state index in [0.717, 1.165) is 60.9 Å². The monoisotopic (exact) mass is 435 g/mol. The van der Waals surface area contributed by atoms with Crippen molar-refractivity contribution in [3.8, 4) is 0 Å². The van der Waals surface area contributed by atoms with E-state index in [0.29, 0.717) is 19.5 Å². The van der Waals surface area contributed by atoms with Gasteiger partial charge in [0.1, 0.15) is 0 Å². The van der Waals surface area contributed by atoms with Gasteiger partial charge in [-0.25, -0.2) is 4.79 Å². The van der Waals surface area contributed by atoms with Crippen LogP contribution in [0.4, 0.5) is 4.79 Å². The number of likely N-dealkylation sites (tertiary alicyclic amines) is 1. The number of hydrogen-bond acceptors (Lipinski definition) is 3. The summed E-state index contributed by atoms with van der Waals surface area (Å²) in [6.45, 7) is 1.83. The fraction of sp³-hybridized carbons (Fsp3) is 0.640. The molecular weight excluding hydrogens is 402 g/mol. The van der Waals surface area contributed by atoms with Crippen molar-refractivity contribution in [2.75, 3.05) is 19.6 Å². The number of amides is 3. The maximum absolute atomic E-state index is 12.7. The zero-order chi connectivity index (χ0) is 21.7. The lowest BCUT2D eigenvalue weighted by Crippen LogP contribution is -2.61. The maximum Gasteiger partial charge on any atom is 0.315 e. The number of urea groups is 1. The smallest absolute Gasteiger partial charge is 0.315 e. The molecule has 1 aromatic carbocycles. The van der Waals surface area contributed by atoms with Crippen LogP contribution in [0.15, 0.2) is 30.5 Å². The molecule has 170 valence electrons. The minimum atomic E-state index is -0.0951. The lowest BCUT2D eigenvalue weighted by molar-refractivity contribution is -0.130. The highest BCUT2D eigenvalue weighted by atomic mass is 16.2. The molecule has 7 rings (SSSR count). The quantitative estimate of drug-likeness (QED) is 0.755. The van der Waals surface area contributed by atoms with E-state index < -0.39 is 0 Å². The number of benzene rings is 1. The van der Waals surface area contributed by atoms with Crippen molar-refractivity contribution in [3.05, 3.63) is 30.5 Å². The molecule has 32 heavy (non-hydrogen) atoms. The Labute approximate surface area is 188 Å². The highest BCUT2D eigenvalue weighted by Gasteiger charge is 2.51. The predicted octanol–water partition coefficient (Wildman–Crippen LogP) is 3.47. The Hall–Kier alpha value is -2.57. The molecule has 1 unspecified atom stereocenters. The van der Waals surface area contributed by atoms with Gasteiger partial charge in [-0.05, 0) is 68.8 Å². The first kappa shape index (κ1) is 20.1. The van der Waals surface area contributed by atoms with E-state index in [2.05, 4.69) is 28.0 Å². The molecule has 7 nitrogen and oxygen atoms in total. The molecule has 4 aliphatic carbocycles. The zero-order valence-electron chi connectivity index (χ0n) is 18.6. The standard InChI is InChI=1S/C25H33N5O2/c31-23(29-8-6-21(16-29)30-15-20-3-1-2-4-22(20)28-30)5-7-26-24(32)27-25-12-17-9-18(13-25)11-19(10-17)14-25/h1-4,15,17-19,21H,5-14,16H2,(H2,26,27,32). The van der Waals surface area contributed by atoms with Crippen LogP contribution in [0.5, 0.6) is 0 Å². The highest BCUT2D eigenvalue weighted by molar-refractivity contribution is 5.79. The van der Waals surface area contributed by atoms with Crippen molar-refractivity contribution < 1.29 is 9.59 Å². The number of nitrogens with zero attached hydrogens (tertiary/aromatic N) is 3. The molecule has 5 fully saturated rings. The van der Waals surface area contributed by atoms with Gasteiger partial charge in [-0.15, -0.1) is 0 Å². The third-order valence-corrected chi connectivity index (χ3v) is 8.36. The van der Waals surface area contributed by atoms with E-state index in [4.69, 9.17) is 0 Å². The van der Waals surface area contributed by atoms with Crippen LogP contribution < -0.4 is 10.6 Å². The van der Waals surface area contributed by atoms with Crippen LogP contribution >= 0.6 is 0 Å². The summed E-state index contributed by atoms with van der Waals surface area (Å²) < 4.78 is 2.01. The van der Waals surface area contributed by atoms with Gasteiger partial charge in [-0.1, -0.05) is 18.2 Å². The summed E-state index contributed by atoms with van der Waals surface area (Å²) in [6.07, 6.45) is 10.9. The second-order valence-electron chi connectivity index (χ2n) is 10.8. The topological polar surface area (TPSA) is 79.3 Å². The summed E-state index contributed by atoms with van der Waals surface area (Å²) >= 11 is 0. The van der Waals surface area contributed by atoms with Crippen molar-refractivity contribution in [1.29, 1.82) is 0 Å². The number of carbonyl (C=O) groups excluding carboxylic acids is 2. The molecule has 2 N–H and O–H groups in total. The molecule has 0 spiro atoms. The van der Waals surface area contributed by atoms with Gasteiger partial charge in [-0.2, -0.15) is 5.10 Å². The van der Waals surface area contributed by atoms with E-state index in [1.54, 1.807) is 0 Å². The number of fused-ring (bicyclic) bond motifs is 1. The Bertz CT molecular complexity index is 962. The average molecular weight is 436 g/mol. The number of nitrogens with one attached hydrogen (secondary N) is 2. The van der Waals surface area contributed by atoms with Crippen molar-refractivity contribution in [2.45, 2.75) is 62.9 Å². The molecule has 4 bridgehead atoms. The third-order valence-electron chi connectivity index (χ3n) is 8.36. The molecule has 1 aliphatic heterocycles. The van der Waals surface area contributed by atoms with Crippen molar-refractivity contribution >= 4 is 22.8 Å². The third kappa shape index (κ3) is 3.76. The van der Waals surface area contributed by atoms with Gasteiger partial charge < -0.3 is 15.5 Å². The van der Waals surface area contributed by atoms with Crippen molar-refractivity contribution in [2.24, 2.45) is 17.8 Å². The minimum Gasteiger partial charge on any atom is -0.340 e. The van der Waals surface area contributed by atoms with Gasteiger partial charge in [0.05, 0.1) is 11.6 Å². The van der Waals surface area contributed by atoms with Gasteiger partial charge >= 0.3 is 6.03 Å². The molecule has 4 saturated carbocycles. The van der Waals surface area contributed by atoms with Gasteiger partial charge in [-0.3, -0.25) is 9.48 Å². The first-order valence-corrected chi connectivity index (χ1v) is 12.3. The normalized spacial score (nSPS) is 33.1. The van der Waals surface area contributed by atoms with Gasteiger partial charge in [0.15, 0.2) is 0 Å². The van der Waals surface area contributed by atoms with E-state index >= 15 is 0 Å². The summed E-state index contributed by atoms with van der Waals surface area (Å²) in [4.78, 5) is 27.2. The molecule has 7 heteroatoms. The Morgan fingerprint density at radius 2 is 1.78 bits per heavy atom. The molecule has 2 aromatic rings. The van der Waals surface area contributed by atoms with E-state index in [-0.39, 0.29) is 23.5 Å². The van der Waals surface area contributed by atoms with Crippen molar-refractivity contribution in [3.63, 3.8) is 0 Å². The van der Waals surface area contributed by atoms with Gasteiger partial charge in [0.2, 0.25) is 5.91 Å². The highest BCUT2D eigenvalue weighted by Crippen LogP contribution is 2.55. The van der Waals surface area contributed by atoms with E-state index in [9.17, 15) is 9.59 Å². The van der Waals surface area contributed by atoms with Crippen LogP contribution in [0.2, 0.25) is 0 Å². The average Bonchev–Trinajstić information content (AvgIpc) is 3.39. The van der Waals surface area contributed by atoms with Gasteiger partial charge in [0, 0.05) is 43.2 Å². The number of aromatic nitrogens is 2. The number of carbonyl (C=O) groups is 2. The first-order chi connectivity index (χ1) is 15.6. The molecule has 2 heterocycles. The van der Waals surface area contributed by atoms with Crippen LogP contribution in [-0.4, -0.2) is 51.8 Å². The lowest BCUT2D eigenvalue weighted by Gasteiger charge is -2.56. The fourth-order valence-electron chi connectivity index (χ4n) is 7.34. The summed E-state index contributed by atoms with van der Waals surface area (Å²) in [5.74, 6) is 2.52. The maximum atomic E-state index is 12.7. The van der Waals surface area contributed by atoms with E-state index in [1.807, 2.05) is 27.8 Å². The Balaban J connectivity index is 0.973. The van der Waals surface area contributed by atoms with E-state index in [1.165, 1.54) is 19.3 Å². The SMILES string of the molecule is O=C(NCCC(=O)N1CCC(n2cc3ccccc3n2)C1)NC12CC3CC(CC(C3)C1)C2. The van der Waals surface area contributed by atoms with Gasteiger partial charge in [0.25, 0.3) is 0 Å². The summed E-state index contributed by atoms with van der Waals surface area (Å²) in [7, 11) is 0. The second kappa shape index (κ2) is 7.78. The molecule has 1 atom stereocenters. The first-order valence-electron chi connectivity index (χ1n) is 12.3. The molecule has 1 saturated heterocycles. The largest absolute Gasteiger partial charge is 0.340 e. The fourth-order valence-corrected chi connectivity index (χ4v) is 7.34.